The quantitative estimate of drug-likeness (QED) is 0.0349. The number of nitrogens with zero attached hydrogens (tertiary/aromatic N) is 7. The molecule has 33 heteroatoms. The van der Waals surface area contributed by atoms with Crippen molar-refractivity contribution in [1.82, 2.24) is 29.2 Å². The number of aryl methyl sites for hydroxylation is 3. The number of aromatic nitrogens is 3. The van der Waals surface area contributed by atoms with Gasteiger partial charge < -0.3 is 93.4 Å². The Bertz CT molecular complexity index is 6480. The first-order valence-electron chi connectivity index (χ1n) is 49.2. The lowest BCUT2D eigenvalue weighted by molar-refractivity contribution is -0.178. The number of aliphatic hydroxyl groups excluding tert-OH is 3. The molecule has 16 atom stereocenters. The van der Waals surface area contributed by atoms with E-state index in [0.717, 1.165) is 56.1 Å². The fourth-order valence-corrected chi connectivity index (χ4v) is 27.8. The van der Waals surface area contributed by atoms with Gasteiger partial charge in [-0.1, -0.05) is 51.0 Å². The Balaban J connectivity index is 0.000000184. The SMILES string of the molecule is COc1c(N2CCNC(C)C2)c(F)c(C)c2c(=O)c(C(=O)O)c(C)n(C3CC3)c12.COc1c(N2CCNCC2)c(F)c(C)c2c(=O)c(C(=O)OCN3CCN(c4c(F)c(C)c5c(=O)c(C(=O)OCC(=O)[C@@]6(O)CC[C@H]7[C@@H]8CCC9=CC(=O)C=C[C@]9(C)[C@H]8[C@@H](O)C[C@@]76C)c(C)n(C6CC6)c5c4OC)CC3C)c(C)n(C3CC3)c12.C[C@]12C=CC(=O)C=C1CC[C@@H]1[C@@H]2[C@@H](O)C[C@@]2(C)[C@H]1CC[C@]2(O)C(=O)CO. The summed E-state index contributed by atoms with van der Waals surface area (Å²) >= 11 is 0. The fraction of sp³-hybridized carbons (Fsp3) is 0.600. The Kier molecular flexibility index (Phi) is 25.5. The number of hydrogen-bond donors (Lipinski definition) is 8. The van der Waals surface area contributed by atoms with Gasteiger partial charge in [0.2, 0.25) is 22.1 Å². The highest BCUT2D eigenvalue weighted by atomic mass is 19.1. The van der Waals surface area contributed by atoms with Crippen LogP contribution in [0.1, 0.15) is 227 Å². The number of carbonyl (C=O) groups excluding carboxylic acids is 6. The average molecular weight is 1910 g/mol. The number of nitrogens with one attached hydrogen (secondary N) is 2. The lowest BCUT2D eigenvalue weighted by atomic mass is 9.46. The van der Waals surface area contributed by atoms with Gasteiger partial charge in [-0.3, -0.25) is 38.5 Å². The summed E-state index contributed by atoms with van der Waals surface area (Å²) in [5.74, 6) is -5.75. The number of ether oxygens (including phenoxy) is 5. The van der Waals surface area contributed by atoms with Crippen molar-refractivity contribution < 1.29 is 101 Å². The van der Waals surface area contributed by atoms with Crippen LogP contribution in [-0.2, 0) is 28.7 Å². The van der Waals surface area contributed by atoms with Gasteiger partial charge in [-0.2, -0.15) is 0 Å². The molecule has 3 aromatic heterocycles. The summed E-state index contributed by atoms with van der Waals surface area (Å²) in [4.78, 5) is 141. The maximum atomic E-state index is 17.3. The van der Waals surface area contributed by atoms with Crippen molar-refractivity contribution in [3.05, 3.63) is 146 Å². The van der Waals surface area contributed by atoms with Crippen molar-refractivity contribution in [2.75, 3.05) is 121 Å². The lowest BCUT2D eigenvalue weighted by Gasteiger charge is -2.59. The number of allylic oxidation sites excluding steroid dienone is 8. The Labute approximate surface area is 798 Å². The number of pyridine rings is 3. The van der Waals surface area contributed by atoms with Crippen molar-refractivity contribution in [1.29, 1.82) is 0 Å². The number of benzene rings is 3. The normalized spacial score (nSPS) is 30.9. The third kappa shape index (κ3) is 15.3. The number of carbonyl (C=O) groups is 7. The van der Waals surface area contributed by atoms with Gasteiger partial charge in [-0.05, 0) is 206 Å². The summed E-state index contributed by atoms with van der Waals surface area (Å²) in [5.41, 5.74) is -3.55. The molecule has 0 bridgehead atoms. The van der Waals surface area contributed by atoms with Crippen LogP contribution in [0.25, 0.3) is 32.7 Å². The van der Waals surface area contributed by atoms with Gasteiger partial charge in [0, 0.05) is 163 Å². The number of aromatic carboxylic acids is 1. The van der Waals surface area contributed by atoms with Gasteiger partial charge in [-0.15, -0.1) is 0 Å². The molecule has 0 spiro atoms. The third-order valence-corrected chi connectivity index (χ3v) is 35.2. The van der Waals surface area contributed by atoms with E-state index >= 15 is 13.2 Å². The maximum absolute atomic E-state index is 17.3. The number of hydrogen-bond acceptors (Lipinski definition) is 26. The van der Waals surface area contributed by atoms with Crippen molar-refractivity contribution in [2.24, 2.45) is 57.2 Å². The molecular weight excluding hydrogens is 1780 g/mol. The van der Waals surface area contributed by atoms with E-state index in [1.807, 2.05) is 73.1 Å². The molecule has 742 valence electrons. The number of aliphatic hydroxyl groups is 5. The molecule has 12 fully saturated rings. The van der Waals surface area contributed by atoms with Gasteiger partial charge in [-0.25, -0.2) is 27.6 Å². The molecule has 3 aliphatic heterocycles. The number of anilines is 3. The molecule has 30 nitrogen and oxygen atoms in total. The Morgan fingerprint density at radius 1 is 0.500 bits per heavy atom. The zero-order valence-corrected chi connectivity index (χ0v) is 81.5. The smallest absolute Gasteiger partial charge is 0.345 e. The molecule has 6 aromatic rings. The Morgan fingerprint density at radius 2 is 0.891 bits per heavy atom. The minimum absolute atomic E-state index is 0.00912. The predicted molar refractivity (Wildman–Crippen MR) is 511 cm³/mol. The zero-order valence-electron chi connectivity index (χ0n) is 81.5. The van der Waals surface area contributed by atoms with Crippen LogP contribution in [0.2, 0.25) is 0 Å². The van der Waals surface area contributed by atoms with Crippen LogP contribution in [0.3, 0.4) is 0 Å². The minimum Gasteiger partial charge on any atom is -0.492 e. The monoisotopic (exact) mass is 1910 g/mol. The third-order valence-electron chi connectivity index (χ3n) is 35.2. The van der Waals surface area contributed by atoms with Crippen molar-refractivity contribution in [2.45, 2.75) is 239 Å². The second-order valence-corrected chi connectivity index (χ2v) is 42.6. The first-order chi connectivity index (χ1) is 65.5. The van der Waals surface area contributed by atoms with Crippen LogP contribution in [0.4, 0.5) is 30.2 Å². The van der Waals surface area contributed by atoms with Crippen LogP contribution in [0, 0.1) is 116 Å². The molecule has 6 heterocycles. The number of carboxylic acids is 1. The maximum Gasteiger partial charge on any atom is 0.345 e. The summed E-state index contributed by atoms with van der Waals surface area (Å²) in [6.45, 7) is 24.9. The predicted octanol–water partition coefficient (Wildman–Crippen LogP) is 11.1. The molecule has 138 heavy (non-hydrogen) atoms. The number of esters is 2. The topological polar surface area (TPSA) is 390 Å². The van der Waals surface area contributed by atoms with Gasteiger partial charge in [0.15, 0.2) is 58.7 Å². The number of rotatable bonds is 19. The number of fused-ring (bicyclic) bond motifs is 13. The van der Waals surface area contributed by atoms with Gasteiger partial charge >= 0.3 is 17.9 Å². The standard InChI is InChI=1S/C63H76F2N6O12.C21H26FN3O4.C21H28O5/c1-31-28-68(24-25-69(31)30-83-60(78)47-35(5)71(38-13-14-38)51-44(56(47)76)32(2)49(64)53(57(51)80-8)67-22-20-66-21-23-67)54-50(65)33(3)45-52(58(54)81-9)70(37-11-12-37)34(4)46(55(45)75)59(77)82-29-43(74)63(79)19-17-41-40-15-10-36-26-39(72)16-18-61(36,6)48(40)42(73)27-62(41,63)7;1-10-9-24(8-7-23-10)18-16(22)11(2)14-17(20(18)29-4)25(13-5-6-13)12(3)15(19(14)26)21(27)28;1-19-7-5-13(23)9-12(19)3-4-14-15-6-8-21(26,17(25)11-22)20(15,2)10-16(24)18(14)19/h16,18,26,31,37-38,40-42,48,66,73,79H,10-15,17,19-25,27-30H2,1-9H3;10,13,23H,5-9H2,1-4H3,(H,27,28);5,7,9,14-16,18,22,24,26H,3-4,6,8,10-11H2,1-2H3/t31?,40-,41-,42-,48+,61-,62-,63-;;14-,15-,16-,18+,19-,20-,21-/m0.0/s1. The van der Waals surface area contributed by atoms with E-state index in [2.05, 4.69) is 24.5 Å². The molecular formula is C105H130F3N9O21. The molecule has 3 saturated heterocycles. The lowest BCUT2D eigenvalue weighted by Crippen LogP contribution is -2.61. The molecule has 11 aliphatic carbocycles. The highest BCUT2D eigenvalue weighted by molar-refractivity contribution is 6.05. The largest absolute Gasteiger partial charge is 0.492 e. The van der Waals surface area contributed by atoms with Gasteiger partial charge in [0.05, 0.1) is 66.2 Å². The summed E-state index contributed by atoms with van der Waals surface area (Å²) in [6, 6.07) is -0.258. The second kappa shape index (κ2) is 36.0. The number of methoxy groups -OCH3 is 3. The molecule has 2 unspecified atom stereocenters. The molecule has 3 aromatic carbocycles. The number of Topliss-reactive ketones (excluding diaryl/α,β-unsaturated/α-hetero) is 2. The average Bonchev–Trinajstić information content (AvgIpc) is 1.53. The van der Waals surface area contributed by atoms with Crippen LogP contribution in [0.15, 0.2) is 62.0 Å². The summed E-state index contributed by atoms with van der Waals surface area (Å²) in [7, 11) is 4.35. The molecule has 14 aliphatic rings. The summed E-state index contributed by atoms with van der Waals surface area (Å²) in [6.07, 6.45) is 18.9. The van der Waals surface area contributed by atoms with Gasteiger partial charge in [0.25, 0.3) is 0 Å². The van der Waals surface area contributed by atoms with E-state index in [4.69, 9.17) is 23.7 Å². The van der Waals surface area contributed by atoms with Crippen molar-refractivity contribution >= 4 is 90.8 Å². The van der Waals surface area contributed by atoms with Crippen LogP contribution in [-0.4, -0.2) is 232 Å². The van der Waals surface area contributed by atoms with Crippen LogP contribution in [0.5, 0.6) is 17.2 Å². The molecule has 8 N–H and O–H groups in total. The second-order valence-electron chi connectivity index (χ2n) is 42.6. The van der Waals surface area contributed by atoms with Crippen LogP contribution < -0.4 is 55.8 Å². The van der Waals surface area contributed by atoms with E-state index in [1.165, 1.54) is 28.3 Å². The number of piperazine rings is 3. The number of ketones is 4. The van der Waals surface area contributed by atoms with E-state index in [1.54, 1.807) is 58.9 Å². The van der Waals surface area contributed by atoms with E-state index in [9.17, 15) is 78.6 Å². The van der Waals surface area contributed by atoms with Gasteiger partial charge in [0.1, 0.15) is 58.3 Å². The van der Waals surface area contributed by atoms with E-state index in [-0.39, 0.29) is 188 Å². The Morgan fingerprint density at radius 3 is 1.29 bits per heavy atom. The summed E-state index contributed by atoms with van der Waals surface area (Å²) < 4.78 is 84.5. The fourth-order valence-electron chi connectivity index (χ4n) is 27.8. The molecule has 20 rings (SSSR count). The first-order valence-corrected chi connectivity index (χ1v) is 49.2. The van der Waals surface area contributed by atoms with Crippen LogP contribution >= 0.6 is 0 Å². The van der Waals surface area contributed by atoms with E-state index < -0.39 is 116 Å². The first kappa shape index (κ1) is 97.8. The molecule has 0 amide bonds. The van der Waals surface area contributed by atoms with Crippen molar-refractivity contribution in [3.63, 3.8) is 0 Å². The molecule has 0 radical (unpaired) electrons. The minimum atomic E-state index is -1.94. The highest BCUT2D eigenvalue weighted by Gasteiger charge is 2.70. The Hall–Kier alpha value is -10.4. The number of halogens is 3. The summed E-state index contributed by atoms with van der Waals surface area (Å²) in [5, 5.41) is 72.4. The van der Waals surface area contributed by atoms with E-state index in [0.29, 0.717) is 142 Å². The highest BCUT2D eigenvalue weighted by Crippen LogP contribution is 2.70. The van der Waals surface area contributed by atoms with Crippen molar-refractivity contribution in [3.8, 4) is 17.2 Å². The molecule has 9 saturated carbocycles. The number of carboxylic acid groups (broad SMARTS) is 1. The zero-order chi connectivity index (χ0) is 99.0.